The zero-order valence-electron chi connectivity index (χ0n) is 49.5. The van der Waals surface area contributed by atoms with E-state index in [1.807, 2.05) is 77.3 Å². The SMILES string of the molecule is CCC(CC)(c1ccc(/C=C/C(O)(C(F)(F)F)C(F)(F)F)c(C)c1)c1ccc(-c2nc(CC(=O)O)cs2)c(C)c1.CCOC(=O)Cc1csc(-c2ccc(C(CC)(CC)c3ccc(/C=C/C(O)(C(F)(F)F)C(F)(F)F)c(C)c3)cc2C)n1.CO.O.[Na+].[OH-]. The second-order valence-electron chi connectivity index (χ2n) is 19.8. The molecule has 11 nitrogen and oxygen atoms in total. The summed E-state index contributed by atoms with van der Waals surface area (Å²) in [7, 11) is 1.00. The summed E-state index contributed by atoms with van der Waals surface area (Å²) >= 11 is 2.78. The van der Waals surface area contributed by atoms with Crippen molar-refractivity contribution in [1.29, 1.82) is 0 Å². The van der Waals surface area contributed by atoms with Crippen LogP contribution in [0.3, 0.4) is 0 Å². The van der Waals surface area contributed by atoms with Gasteiger partial charge in [-0.15, -0.1) is 22.7 Å². The number of halogens is 12. The molecular weight excluding hydrogens is 1220 g/mol. The molecule has 6 aromatic rings. The van der Waals surface area contributed by atoms with Crippen molar-refractivity contribution in [2.45, 2.75) is 148 Å². The van der Waals surface area contributed by atoms with E-state index >= 15 is 0 Å². The van der Waals surface area contributed by atoms with Gasteiger partial charge in [0.2, 0.25) is 0 Å². The number of esters is 1. The number of aliphatic carboxylic acids is 1. The number of aryl methyl sites for hydroxylation is 4. The molecule has 0 atom stereocenters. The number of carbonyl (C=O) groups excluding carboxylic acids is 1. The van der Waals surface area contributed by atoms with Crippen LogP contribution in [0.1, 0.15) is 127 Å². The molecule has 0 saturated heterocycles. The zero-order chi connectivity index (χ0) is 63.6. The number of hydrogen-bond donors (Lipinski definition) is 4. The van der Waals surface area contributed by atoms with Crippen molar-refractivity contribution in [2.24, 2.45) is 0 Å². The molecule has 0 aliphatic rings. The molecule has 26 heteroatoms. The molecule has 0 saturated carbocycles. The first-order valence-corrected chi connectivity index (χ1v) is 28.0. The number of aliphatic hydroxyl groups is 3. The number of carboxylic acids is 1. The van der Waals surface area contributed by atoms with Crippen LogP contribution < -0.4 is 29.6 Å². The minimum absolute atomic E-state index is 0. The van der Waals surface area contributed by atoms with Crippen LogP contribution in [0.25, 0.3) is 33.3 Å². The summed E-state index contributed by atoms with van der Waals surface area (Å²) in [5.41, 5.74) is -1.28. The number of aliphatic hydroxyl groups excluding tert-OH is 1. The molecule has 0 radical (unpaired) electrons. The Balaban J connectivity index is 0.000000819. The number of hydrogen-bond acceptors (Lipinski definition) is 11. The van der Waals surface area contributed by atoms with Crippen molar-refractivity contribution in [2.75, 3.05) is 13.7 Å². The van der Waals surface area contributed by atoms with E-state index in [4.69, 9.17) is 14.9 Å². The molecule has 4 aromatic carbocycles. The number of aromatic nitrogens is 2. The molecule has 87 heavy (non-hydrogen) atoms. The maximum absolute atomic E-state index is 13.1. The number of thiazole rings is 2. The standard InChI is InChI=1S/C31H33F6NO3S.C29H29F6NO3S.CH4O.Na.2H2O/c1-6-28(7-2,22-10-9-21(19(4)15-22)13-14-29(40,30(32,33)34)31(35,36)37)23-11-12-25(20(5)16-23)27-38-24(18-42-27)17-26(39)41-8-3;1-5-26(6-2,21-9-10-23(18(4)14-21)25-36-22(16-40-25)15-24(37)38)20-8-7-19(17(3)13-20)11-12-27(39,28(30,31)32)29(33,34)35;1-2;;;/h9-16,18,40H,6-8,17H2,1-5H3;7-14,16,39H,5-6,15H2,1-4H3,(H,37,38);2H,1H3;;2*1H2/q;;;+1;;/p-1/b14-13+;12-11+;;;;. The Bertz CT molecular complexity index is 3260. The average molecular weight is 1290 g/mol. The number of alkyl halides is 12. The van der Waals surface area contributed by atoms with Gasteiger partial charge in [0.15, 0.2) is 0 Å². The number of ether oxygens (including phenoxy) is 1. The third kappa shape index (κ3) is 17.7. The molecule has 7 N–H and O–H groups in total. The second kappa shape index (κ2) is 31.8. The van der Waals surface area contributed by atoms with Crippen molar-refractivity contribution in [3.8, 4) is 21.1 Å². The Morgan fingerprint density at radius 1 is 0.517 bits per heavy atom. The normalized spacial score (nSPS) is 12.5. The number of carbonyl (C=O) groups is 2. The van der Waals surface area contributed by atoms with Gasteiger partial charge in [0, 0.05) is 39.8 Å². The van der Waals surface area contributed by atoms with Crippen molar-refractivity contribution >= 4 is 46.8 Å². The Labute approximate surface area is 526 Å². The predicted octanol–water partition coefficient (Wildman–Crippen LogP) is 12.1. The third-order valence-corrected chi connectivity index (χ3v) is 16.7. The second-order valence-corrected chi connectivity index (χ2v) is 21.5. The topological polar surface area (TPSA) is 212 Å². The van der Waals surface area contributed by atoms with Gasteiger partial charge in [0.05, 0.1) is 30.8 Å². The minimum atomic E-state index is -5.93. The summed E-state index contributed by atoms with van der Waals surface area (Å²) in [5.74, 6) is -1.31. The van der Waals surface area contributed by atoms with E-state index in [1.54, 1.807) is 50.4 Å². The van der Waals surface area contributed by atoms with Crippen molar-refractivity contribution in [1.82, 2.24) is 9.97 Å². The smallest absolute Gasteiger partial charge is 0.870 e. The molecule has 2 heterocycles. The zero-order valence-corrected chi connectivity index (χ0v) is 53.2. The van der Waals surface area contributed by atoms with Gasteiger partial charge in [-0.3, -0.25) is 9.59 Å². The van der Waals surface area contributed by atoms with E-state index in [2.05, 4.69) is 16.0 Å². The predicted molar refractivity (Wildman–Crippen MR) is 307 cm³/mol. The Kier molecular flexibility index (Phi) is 29.1. The fraction of sp³-hybridized carbons (Fsp3) is 0.410. The minimum Gasteiger partial charge on any atom is -0.870 e. The fourth-order valence-corrected chi connectivity index (χ4v) is 11.7. The van der Waals surface area contributed by atoms with Crippen molar-refractivity contribution in [3.05, 3.63) is 163 Å². The molecule has 0 spiro atoms. The first kappa shape index (κ1) is 79.5. The summed E-state index contributed by atoms with van der Waals surface area (Å²) in [6, 6.07) is 21.7. The van der Waals surface area contributed by atoms with Gasteiger partial charge >= 0.3 is 66.2 Å². The van der Waals surface area contributed by atoms with Gasteiger partial charge in [-0.1, -0.05) is 113 Å². The van der Waals surface area contributed by atoms with E-state index in [1.165, 1.54) is 34.8 Å². The summed E-state index contributed by atoms with van der Waals surface area (Å²) in [4.78, 5) is 31.8. The summed E-state index contributed by atoms with van der Waals surface area (Å²) in [6.45, 7) is 17.2. The Morgan fingerprint density at radius 2 is 0.816 bits per heavy atom. The first-order chi connectivity index (χ1) is 39.0. The quantitative estimate of drug-likeness (QED) is 0.0342. The number of benzene rings is 4. The van der Waals surface area contributed by atoms with E-state index in [9.17, 15) is 72.5 Å². The van der Waals surface area contributed by atoms with Crippen LogP contribution in [0.15, 0.2) is 95.7 Å². The molecule has 0 fully saturated rings. The summed E-state index contributed by atoms with van der Waals surface area (Å²) < 4.78 is 162. The van der Waals surface area contributed by atoms with E-state index in [0.29, 0.717) is 72.0 Å². The molecule has 0 aliphatic heterocycles. The van der Waals surface area contributed by atoms with Crippen LogP contribution in [0.2, 0.25) is 0 Å². The van der Waals surface area contributed by atoms with Crippen LogP contribution in [0.4, 0.5) is 52.7 Å². The van der Waals surface area contributed by atoms with Crippen LogP contribution in [0.5, 0.6) is 0 Å². The molecule has 0 amide bonds. The molecule has 6 rings (SSSR count). The van der Waals surface area contributed by atoms with E-state index < -0.39 is 52.7 Å². The van der Waals surface area contributed by atoms with Gasteiger partial charge in [-0.2, -0.15) is 52.7 Å². The number of rotatable bonds is 19. The fourth-order valence-electron chi connectivity index (χ4n) is 9.85. The molecular formula is C61H69F12N2NaO9S2. The summed E-state index contributed by atoms with van der Waals surface area (Å²) in [6.07, 6.45) is -20.3. The molecule has 0 unspecified atom stereocenters. The monoisotopic (exact) mass is 1290 g/mol. The Morgan fingerprint density at radius 3 is 1.08 bits per heavy atom. The molecule has 2 aromatic heterocycles. The van der Waals surface area contributed by atoms with Gasteiger partial charge in [-0.05, 0) is 128 Å². The molecule has 0 aliphatic carbocycles. The number of nitrogens with zero attached hydrogens (tertiary/aromatic N) is 2. The van der Waals surface area contributed by atoms with Gasteiger partial charge in [0.1, 0.15) is 10.0 Å². The van der Waals surface area contributed by atoms with Crippen LogP contribution in [-0.2, 0) is 38.0 Å². The van der Waals surface area contributed by atoms with Gasteiger partial charge in [0.25, 0.3) is 11.2 Å². The van der Waals surface area contributed by atoms with Crippen LogP contribution in [-0.4, -0.2) is 103 Å². The van der Waals surface area contributed by atoms with Crippen LogP contribution in [0, 0.1) is 27.7 Å². The van der Waals surface area contributed by atoms with Gasteiger partial charge < -0.3 is 36.1 Å². The average Bonchev–Trinajstić information content (AvgIpc) is 4.25. The van der Waals surface area contributed by atoms with Crippen molar-refractivity contribution in [3.63, 3.8) is 0 Å². The third-order valence-electron chi connectivity index (χ3n) is 14.9. The van der Waals surface area contributed by atoms with Crippen molar-refractivity contribution < 1.29 is 128 Å². The molecule has 0 bridgehead atoms. The number of carboxylic acid groups (broad SMARTS) is 1. The largest absolute Gasteiger partial charge is 1.00 e. The first-order valence-electron chi connectivity index (χ1n) is 26.3. The van der Waals surface area contributed by atoms with E-state index in [-0.39, 0.29) is 82.6 Å². The summed E-state index contributed by atoms with van der Waals surface area (Å²) in [5, 5.41) is 39.9. The van der Waals surface area contributed by atoms with Gasteiger partial charge in [-0.25, -0.2) is 9.97 Å². The molecule has 474 valence electrons. The maximum atomic E-state index is 13.1. The Hall–Kier alpha value is -5.48. The van der Waals surface area contributed by atoms with E-state index in [0.717, 1.165) is 56.6 Å². The maximum Gasteiger partial charge on any atom is 1.00 e. The van der Waals surface area contributed by atoms with Crippen LogP contribution >= 0.6 is 22.7 Å².